The molecule has 1 aromatic carbocycles. The van der Waals surface area contributed by atoms with E-state index in [0.29, 0.717) is 25.3 Å². The van der Waals surface area contributed by atoms with Gasteiger partial charge in [-0.1, -0.05) is 18.2 Å². The molecule has 0 aliphatic carbocycles. The lowest BCUT2D eigenvalue weighted by molar-refractivity contribution is 0.140. The zero-order valence-electron chi connectivity index (χ0n) is 12.0. The second kappa shape index (κ2) is 6.91. The second-order valence-corrected chi connectivity index (χ2v) is 7.27. The highest BCUT2D eigenvalue weighted by Gasteiger charge is 2.34. The second-order valence-electron chi connectivity index (χ2n) is 5.04. The van der Waals surface area contributed by atoms with Crippen LogP contribution in [0.3, 0.4) is 0 Å². The van der Waals surface area contributed by atoms with Crippen LogP contribution in [0.1, 0.15) is 6.42 Å². The molecule has 1 aliphatic rings. The summed E-state index contributed by atoms with van der Waals surface area (Å²) in [5, 5.41) is 2.79. The molecule has 2 rings (SSSR count). The Balaban J connectivity index is 2.06. The smallest absolute Gasteiger partial charge is 0.322 e. The van der Waals surface area contributed by atoms with Crippen LogP contribution in [-0.2, 0) is 14.6 Å². The van der Waals surface area contributed by atoms with Crippen molar-refractivity contribution in [3.63, 3.8) is 0 Å². The van der Waals surface area contributed by atoms with Crippen molar-refractivity contribution in [1.29, 1.82) is 0 Å². The zero-order valence-corrected chi connectivity index (χ0v) is 12.8. The predicted octanol–water partition coefficient (Wildman–Crippen LogP) is 1.35. The Morgan fingerprint density at radius 1 is 1.38 bits per heavy atom. The Morgan fingerprint density at radius 3 is 2.67 bits per heavy atom. The molecule has 6 nitrogen and oxygen atoms in total. The SMILES string of the molecule is COCCN(C(=O)Nc1ccccc1)C1CCS(=O)(=O)C1. The van der Waals surface area contributed by atoms with Crippen molar-refractivity contribution in [2.45, 2.75) is 12.5 Å². The predicted molar refractivity (Wildman–Crippen MR) is 81.1 cm³/mol. The number of nitrogens with zero attached hydrogens (tertiary/aromatic N) is 1. The van der Waals surface area contributed by atoms with E-state index in [1.54, 1.807) is 24.1 Å². The molecular formula is C14H20N2O4S. The van der Waals surface area contributed by atoms with E-state index >= 15 is 0 Å². The molecule has 21 heavy (non-hydrogen) atoms. The van der Waals surface area contributed by atoms with E-state index in [2.05, 4.69) is 5.32 Å². The van der Waals surface area contributed by atoms with Crippen molar-refractivity contribution in [3.8, 4) is 0 Å². The van der Waals surface area contributed by atoms with Crippen LogP contribution >= 0.6 is 0 Å². The van der Waals surface area contributed by atoms with E-state index in [0.717, 1.165) is 0 Å². The summed E-state index contributed by atoms with van der Waals surface area (Å²) in [6, 6.07) is 8.52. The van der Waals surface area contributed by atoms with Crippen molar-refractivity contribution < 1.29 is 17.9 Å². The fourth-order valence-corrected chi connectivity index (χ4v) is 4.11. The number of hydrogen-bond donors (Lipinski definition) is 1. The molecule has 1 atom stereocenters. The third kappa shape index (κ3) is 4.44. The van der Waals surface area contributed by atoms with Crippen molar-refractivity contribution in [3.05, 3.63) is 30.3 Å². The number of nitrogens with one attached hydrogen (secondary N) is 1. The third-order valence-electron chi connectivity index (χ3n) is 3.47. The Morgan fingerprint density at radius 2 is 2.10 bits per heavy atom. The Labute approximate surface area is 125 Å². The maximum Gasteiger partial charge on any atom is 0.322 e. The lowest BCUT2D eigenvalue weighted by atomic mass is 10.2. The zero-order chi connectivity index (χ0) is 15.3. The van der Waals surface area contributed by atoms with Gasteiger partial charge in [0, 0.05) is 25.4 Å². The number of benzene rings is 1. The number of urea groups is 1. The lowest BCUT2D eigenvalue weighted by Gasteiger charge is -2.28. The van der Waals surface area contributed by atoms with Crippen LogP contribution < -0.4 is 5.32 Å². The number of amides is 2. The molecule has 7 heteroatoms. The molecule has 0 bridgehead atoms. The van der Waals surface area contributed by atoms with Gasteiger partial charge in [-0.25, -0.2) is 13.2 Å². The molecule has 0 aromatic heterocycles. The fourth-order valence-electron chi connectivity index (χ4n) is 2.38. The van der Waals surface area contributed by atoms with Crippen LogP contribution in [0.4, 0.5) is 10.5 Å². The summed E-state index contributed by atoms with van der Waals surface area (Å²) in [4.78, 5) is 13.9. The van der Waals surface area contributed by atoms with Gasteiger partial charge in [-0.3, -0.25) is 0 Å². The largest absolute Gasteiger partial charge is 0.383 e. The van der Waals surface area contributed by atoms with E-state index in [-0.39, 0.29) is 23.6 Å². The summed E-state index contributed by atoms with van der Waals surface area (Å²) in [6.07, 6.45) is 0.480. The summed E-state index contributed by atoms with van der Waals surface area (Å²) >= 11 is 0. The summed E-state index contributed by atoms with van der Waals surface area (Å²) in [6.45, 7) is 0.744. The first-order chi connectivity index (χ1) is 10.0. The highest BCUT2D eigenvalue weighted by atomic mass is 32.2. The molecular weight excluding hydrogens is 292 g/mol. The van der Waals surface area contributed by atoms with Crippen molar-refractivity contribution in [2.24, 2.45) is 0 Å². The number of anilines is 1. The minimum absolute atomic E-state index is 0.0267. The highest BCUT2D eigenvalue weighted by molar-refractivity contribution is 7.91. The molecule has 1 saturated heterocycles. The number of carbonyl (C=O) groups excluding carboxylic acids is 1. The first-order valence-corrected chi connectivity index (χ1v) is 8.66. The van der Waals surface area contributed by atoms with E-state index in [1.807, 2.05) is 18.2 Å². The van der Waals surface area contributed by atoms with Gasteiger partial charge in [0.15, 0.2) is 9.84 Å². The minimum Gasteiger partial charge on any atom is -0.383 e. The first-order valence-electron chi connectivity index (χ1n) is 6.84. The molecule has 1 unspecified atom stereocenters. The molecule has 2 amide bonds. The van der Waals surface area contributed by atoms with Gasteiger partial charge >= 0.3 is 6.03 Å². The molecule has 1 aromatic rings. The van der Waals surface area contributed by atoms with Crippen molar-refractivity contribution in [1.82, 2.24) is 4.90 Å². The average molecular weight is 312 g/mol. The topological polar surface area (TPSA) is 75.7 Å². The summed E-state index contributed by atoms with van der Waals surface area (Å²) in [5.41, 5.74) is 0.686. The number of ether oxygens (including phenoxy) is 1. The standard InChI is InChI=1S/C14H20N2O4S/c1-20-9-8-16(13-7-10-21(18,19)11-13)14(17)15-12-5-3-2-4-6-12/h2-6,13H,7-11H2,1H3,(H,15,17). The van der Waals surface area contributed by atoms with Gasteiger partial charge in [0.05, 0.1) is 18.1 Å². The Hall–Kier alpha value is -1.60. The quantitative estimate of drug-likeness (QED) is 0.890. The molecule has 0 radical (unpaired) electrons. The van der Waals surface area contributed by atoms with Crippen molar-refractivity contribution >= 4 is 21.6 Å². The van der Waals surface area contributed by atoms with Crippen molar-refractivity contribution in [2.75, 3.05) is 37.1 Å². The minimum atomic E-state index is -3.03. The van der Waals surface area contributed by atoms with Gasteiger partial charge in [0.1, 0.15) is 0 Å². The summed E-state index contributed by atoms with van der Waals surface area (Å²) in [7, 11) is -1.48. The Kier molecular flexibility index (Phi) is 5.19. The summed E-state index contributed by atoms with van der Waals surface area (Å²) < 4.78 is 28.2. The molecule has 1 aliphatic heterocycles. The number of hydrogen-bond acceptors (Lipinski definition) is 4. The van der Waals surface area contributed by atoms with Crippen LogP contribution in [0.2, 0.25) is 0 Å². The van der Waals surface area contributed by atoms with Gasteiger partial charge in [0.2, 0.25) is 0 Å². The number of sulfone groups is 1. The number of rotatable bonds is 5. The van der Waals surface area contributed by atoms with Gasteiger partial charge in [-0.15, -0.1) is 0 Å². The number of para-hydroxylation sites is 1. The fraction of sp³-hybridized carbons (Fsp3) is 0.500. The third-order valence-corrected chi connectivity index (χ3v) is 5.22. The van der Waals surface area contributed by atoms with Crippen LogP contribution in [0.15, 0.2) is 30.3 Å². The highest BCUT2D eigenvalue weighted by Crippen LogP contribution is 2.19. The summed E-state index contributed by atoms with van der Waals surface area (Å²) in [5.74, 6) is 0.165. The lowest BCUT2D eigenvalue weighted by Crippen LogP contribution is -2.45. The van der Waals surface area contributed by atoms with Crippen LogP contribution in [0.25, 0.3) is 0 Å². The maximum atomic E-state index is 12.4. The first kappa shape index (κ1) is 15.8. The van der Waals surface area contributed by atoms with E-state index in [4.69, 9.17) is 4.74 Å². The molecule has 1 heterocycles. The van der Waals surface area contributed by atoms with E-state index < -0.39 is 9.84 Å². The van der Waals surface area contributed by atoms with Gasteiger partial charge < -0.3 is 15.0 Å². The Bertz CT molecular complexity index is 574. The molecule has 116 valence electrons. The normalized spacial score (nSPS) is 20.1. The number of methoxy groups -OCH3 is 1. The molecule has 1 N–H and O–H groups in total. The molecule has 0 saturated carbocycles. The van der Waals surface area contributed by atoms with Crippen LogP contribution in [-0.4, -0.2) is 57.2 Å². The number of carbonyl (C=O) groups is 1. The van der Waals surface area contributed by atoms with Gasteiger partial charge in [-0.2, -0.15) is 0 Å². The molecule has 1 fully saturated rings. The van der Waals surface area contributed by atoms with Crippen LogP contribution in [0.5, 0.6) is 0 Å². The molecule has 0 spiro atoms. The average Bonchev–Trinajstić information content (AvgIpc) is 2.80. The van der Waals surface area contributed by atoms with Gasteiger partial charge in [0.25, 0.3) is 0 Å². The van der Waals surface area contributed by atoms with E-state index in [1.165, 1.54) is 0 Å². The maximum absolute atomic E-state index is 12.4. The van der Waals surface area contributed by atoms with Crippen LogP contribution in [0, 0.1) is 0 Å². The van der Waals surface area contributed by atoms with E-state index in [9.17, 15) is 13.2 Å². The monoisotopic (exact) mass is 312 g/mol. The van der Waals surface area contributed by atoms with Gasteiger partial charge in [-0.05, 0) is 18.6 Å².